The van der Waals surface area contributed by atoms with Gasteiger partial charge in [0.25, 0.3) is 0 Å². The minimum atomic E-state index is 0.128. The van der Waals surface area contributed by atoms with Gasteiger partial charge in [-0.25, -0.2) is 0 Å². The molecule has 4 heteroatoms. The molecule has 0 amide bonds. The second-order valence-electron chi connectivity index (χ2n) is 2.43. The van der Waals surface area contributed by atoms with Gasteiger partial charge in [0.2, 0.25) is 0 Å². The zero-order valence-electron chi connectivity index (χ0n) is 6.98. The van der Waals surface area contributed by atoms with Crippen molar-refractivity contribution in [2.24, 2.45) is 0 Å². The van der Waals surface area contributed by atoms with Crippen LogP contribution in [0, 0.1) is 6.92 Å². The summed E-state index contributed by atoms with van der Waals surface area (Å²) in [4.78, 5) is 4.51. The Bertz CT molecular complexity index is 275. The standard InChI is InChI=1S/C8H11NO3/c1-6-3-4-7(5-8(6)10)9(11)12-2/h3-5,10-11H,1-2H3. The maximum absolute atomic E-state index is 9.25. The molecule has 0 heterocycles. The van der Waals surface area contributed by atoms with Crippen LogP contribution in [0.1, 0.15) is 5.56 Å². The number of aryl methyl sites for hydroxylation is 1. The largest absolute Gasteiger partial charge is 0.508 e. The normalized spacial score (nSPS) is 9.92. The minimum absolute atomic E-state index is 0.128. The number of aromatic hydroxyl groups is 1. The lowest BCUT2D eigenvalue weighted by Gasteiger charge is -2.13. The van der Waals surface area contributed by atoms with Crippen LogP contribution in [-0.2, 0) is 4.84 Å². The number of nitrogens with zero attached hydrogens (tertiary/aromatic N) is 1. The van der Waals surface area contributed by atoms with E-state index < -0.39 is 0 Å². The van der Waals surface area contributed by atoms with E-state index in [1.165, 1.54) is 13.2 Å². The van der Waals surface area contributed by atoms with E-state index in [-0.39, 0.29) is 5.75 Å². The second kappa shape index (κ2) is 3.42. The Hall–Kier alpha value is -1.26. The van der Waals surface area contributed by atoms with Crippen molar-refractivity contribution in [2.45, 2.75) is 6.92 Å². The molecule has 1 aromatic rings. The number of hydrogen-bond donors (Lipinski definition) is 2. The highest BCUT2D eigenvalue weighted by Crippen LogP contribution is 2.22. The van der Waals surface area contributed by atoms with Gasteiger partial charge in [0.1, 0.15) is 5.75 Å². The molecule has 0 bridgehead atoms. The second-order valence-corrected chi connectivity index (χ2v) is 2.43. The fraction of sp³-hybridized carbons (Fsp3) is 0.250. The molecule has 66 valence electrons. The third-order valence-corrected chi connectivity index (χ3v) is 1.59. The van der Waals surface area contributed by atoms with Crippen molar-refractivity contribution in [3.63, 3.8) is 0 Å². The molecule has 0 spiro atoms. The molecule has 0 radical (unpaired) electrons. The molecule has 2 N–H and O–H groups in total. The van der Waals surface area contributed by atoms with Crippen LogP contribution < -0.4 is 5.23 Å². The molecule has 0 aliphatic carbocycles. The Balaban J connectivity index is 2.96. The zero-order chi connectivity index (χ0) is 9.14. The number of phenols is 1. The molecule has 0 unspecified atom stereocenters. The van der Waals surface area contributed by atoms with Gasteiger partial charge in [-0.2, -0.15) is 0 Å². The molecule has 0 saturated heterocycles. The van der Waals surface area contributed by atoms with Gasteiger partial charge >= 0.3 is 0 Å². The van der Waals surface area contributed by atoms with E-state index in [4.69, 9.17) is 5.21 Å². The average Bonchev–Trinajstić information content (AvgIpc) is 2.08. The van der Waals surface area contributed by atoms with E-state index in [9.17, 15) is 5.11 Å². The summed E-state index contributed by atoms with van der Waals surface area (Å²) >= 11 is 0. The number of benzene rings is 1. The fourth-order valence-corrected chi connectivity index (χ4v) is 0.822. The Morgan fingerprint density at radius 2 is 2.08 bits per heavy atom. The Morgan fingerprint density at radius 3 is 2.58 bits per heavy atom. The van der Waals surface area contributed by atoms with Crippen LogP contribution in [0.25, 0.3) is 0 Å². The molecular weight excluding hydrogens is 158 g/mol. The summed E-state index contributed by atoms with van der Waals surface area (Å²) in [7, 11) is 1.33. The van der Waals surface area contributed by atoms with Crippen LogP contribution in [0.2, 0.25) is 0 Å². The lowest BCUT2D eigenvalue weighted by atomic mass is 10.2. The quantitative estimate of drug-likeness (QED) is 0.658. The van der Waals surface area contributed by atoms with Crippen molar-refractivity contribution >= 4 is 5.69 Å². The summed E-state index contributed by atoms with van der Waals surface area (Å²) in [5.41, 5.74) is 1.14. The van der Waals surface area contributed by atoms with Crippen LogP contribution in [-0.4, -0.2) is 17.4 Å². The van der Waals surface area contributed by atoms with E-state index in [2.05, 4.69) is 4.84 Å². The van der Waals surface area contributed by atoms with Gasteiger partial charge in [-0.05, 0) is 18.6 Å². The van der Waals surface area contributed by atoms with Crippen molar-refractivity contribution in [2.75, 3.05) is 12.3 Å². The predicted molar refractivity (Wildman–Crippen MR) is 44.1 cm³/mol. The lowest BCUT2D eigenvalue weighted by Crippen LogP contribution is -2.15. The number of rotatable bonds is 2. The van der Waals surface area contributed by atoms with E-state index in [1.807, 2.05) is 0 Å². The molecule has 0 atom stereocenters. The van der Waals surface area contributed by atoms with Gasteiger partial charge in [-0.1, -0.05) is 6.07 Å². The van der Waals surface area contributed by atoms with Crippen LogP contribution >= 0.6 is 0 Å². The van der Waals surface area contributed by atoms with Crippen molar-refractivity contribution < 1.29 is 15.2 Å². The van der Waals surface area contributed by atoms with Crippen LogP contribution in [0.4, 0.5) is 5.69 Å². The molecule has 1 aromatic carbocycles. The molecule has 0 aromatic heterocycles. The third kappa shape index (κ3) is 1.66. The van der Waals surface area contributed by atoms with Gasteiger partial charge in [-0.15, -0.1) is 5.23 Å². The Labute approximate surface area is 70.5 Å². The summed E-state index contributed by atoms with van der Waals surface area (Å²) in [6, 6.07) is 4.74. The van der Waals surface area contributed by atoms with E-state index in [1.54, 1.807) is 19.1 Å². The molecule has 1 rings (SSSR count). The van der Waals surface area contributed by atoms with Crippen molar-refractivity contribution in [3.05, 3.63) is 23.8 Å². The maximum atomic E-state index is 9.25. The van der Waals surface area contributed by atoms with Gasteiger partial charge in [-0.3, -0.25) is 10.0 Å². The SMILES string of the molecule is CON(O)c1ccc(C)c(O)c1. The minimum Gasteiger partial charge on any atom is -0.508 e. The molecule has 0 aliphatic heterocycles. The summed E-state index contributed by atoms with van der Waals surface area (Å²) in [5.74, 6) is 0.128. The Morgan fingerprint density at radius 1 is 1.42 bits per heavy atom. The highest BCUT2D eigenvalue weighted by Gasteiger charge is 2.03. The highest BCUT2D eigenvalue weighted by molar-refractivity contribution is 5.49. The zero-order valence-corrected chi connectivity index (χ0v) is 6.98. The van der Waals surface area contributed by atoms with Gasteiger partial charge < -0.3 is 5.11 Å². The summed E-state index contributed by atoms with van der Waals surface area (Å²) in [5, 5.41) is 18.9. The van der Waals surface area contributed by atoms with E-state index in [0.717, 1.165) is 5.56 Å². The van der Waals surface area contributed by atoms with Gasteiger partial charge in [0.05, 0.1) is 12.8 Å². The van der Waals surface area contributed by atoms with E-state index >= 15 is 0 Å². The van der Waals surface area contributed by atoms with Crippen LogP contribution in [0.5, 0.6) is 5.75 Å². The summed E-state index contributed by atoms with van der Waals surface area (Å²) < 4.78 is 0. The first-order valence-corrected chi connectivity index (χ1v) is 3.48. The molecule has 0 saturated carbocycles. The molecule has 4 nitrogen and oxygen atoms in total. The van der Waals surface area contributed by atoms with Crippen LogP contribution in [0.3, 0.4) is 0 Å². The molecule has 0 fully saturated rings. The molecule has 12 heavy (non-hydrogen) atoms. The van der Waals surface area contributed by atoms with Crippen molar-refractivity contribution in [3.8, 4) is 5.75 Å². The number of phenolic OH excluding ortho intramolecular Hbond substituents is 1. The van der Waals surface area contributed by atoms with Crippen molar-refractivity contribution in [1.82, 2.24) is 0 Å². The van der Waals surface area contributed by atoms with Crippen molar-refractivity contribution in [1.29, 1.82) is 0 Å². The monoisotopic (exact) mass is 169 g/mol. The van der Waals surface area contributed by atoms with Gasteiger partial charge in [0, 0.05) is 6.07 Å². The average molecular weight is 169 g/mol. The first-order chi connectivity index (χ1) is 5.65. The predicted octanol–water partition coefficient (Wildman–Crippen LogP) is 1.46. The molecule has 0 aliphatic rings. The van der Waals surface area contributed by atoms with Gasteiger partial charge in [0.15, 0.2) is 0 Å². The molecular formula is C8H11NO3. The smallest absolute Gasteiger partial charge is 0.120 e. The third-order valence-electron chi connectivity index (χ3n) is 1.59. The summed E-state index contributed by atoms with van der Waals surface area (Å²) in [6.45, 7) is 1.77. The van der Waals surface area contributed by atoms with Crippen LogP contribution in [0.15, 0.2) is 18.2 Å². The Kier molecular flexibility index (Phi) is 2.52. The topological polar surface area (TPSA) is 52.9 Å². The number of hydrogen-bond acceptors (Lipinski definition) is 4. The lowest BCUT2D eigenvalue weighted by molar-refractivity contribution is -0.0110. The fourth-order valence-electron chi connectivity index (χ4n) is 0.822. The van der Waals surface area contributed by atoms with E-state index in [0.29, 0.717) is 10.9 Å². The maximum Gasteiger partial charge on any atom is 0.120 e. The highest BCUT2D eigenvalue weighted by atomic mass is 16.9. The summed E-state index contributed by atoms with van der Waals surface area (Å²) in [6.07, 6.45) is 0. The first-order valence-electron chi connectivity index (χ1n) is 3.48. The first kappa shape index (κ1) is 8.83. The number of anilines is 1.